The lowest BCUT2D eigenvalue weighted by molar-refractivity contribution is -0.141. The fourth-order valence-electron chi connectivity index (χ4n) is 3.35. The standard InChI is InChI=1S/C19H19F3N2O4/c1-10-11(4-7-16(23-10)19(20,21)22)18(26)24-8-12-14(27-2)5-6-15(28-3)17(12)13(25)9-24/h4-7,13,25H,8-9H2,1-3H3. The number of carbonyl (C=O) groups excluding carboxylic acids is 1. The van der Waals surface area contributed by atoms with E-state index in [2.05, 4.69) is 4.98 Å². The molecule has 1 amide bonds. The number of fused-ring (bicyclic) bond motifs is 1. The van der Waals surface area contributed by atoms with Crippen molar-refractivity contribution >= 4 is 5.91 Å². The number of halogens is 3. The maximum atomic E-state index is 12.9. The molecule has 6 nitrogen and oxygen atoms in total. The van der Waals surface area contributed by atoms with E-state index in [-0.39, 0.29) is 24.3 Å². The maximum absolute atomic E-state index is 12.9. The van der Waals surface area contributed by atoms with E-state index in [1.165, 1.54) is 26.0 Å². The number of aryl methyl sites for hydroxylation is 1. The van der Waals surface area contributed by atoms with Gasteiger partial charge in [0.2, 0.25) is 0 Å². The molecule has 2 heterocycles. The van der Waals surface area contributed by atoms with Gasteiger partial charge < -0.3 is 19.5 Å². The first-order chi connectivity index (χ1) is 13.2. The molecular formula is C19H19F3N2O4. The van der Waals surface area contributed by atoms with Crippen LogP contribution < -0.4 is 9.47 Å². The molecule has 9 heteroatoms. The van der Waals surface area contributed by atoms with Crippen LogP contribution in [-0.2, 0) is 12.7 Å². The Bertz CT molecular complexity index is 915. The van der Waals surface area contributed by atoms with Crippen molar-refractivity contribution in [3.05, 3.63) is 52.3 Å². The number of β-amino-alcohol motifs (C(OH)–C–C–N with tert-alkyl or cyclic N) is 1. The lowest BCUT2D eigenvalue weighted by atomic mass is 9.94. The first kappa shape index (κ1) is 19.9. The van der Waals surface area contributed by atoms with Crippen LogP contribution in [0.3, 0.4) is 0 Å². The van der Waals surface area contributed by atoms with Crippen molar-refractivity contribution in [2.24, 2.45) is 0 Å². The average Bonchev–Trinajstić information content (AvgIpc) is 2.65. The van der Waals surface area contributed by atoms with E-state index < -0.39 is 23.9 Å². The van der Waals surface area contributed by atoms with Crippen molar-refractivity contribution in [3.8, 4) is 11.5 Å². The zero-order valence-corrected chi connectivity index (χ0v) is 15.5. The number of ether oxygens (including phenoxy) is 2. The SMILES string of the molecule is COc1ccc(OC)c2c1CN(C(=O)c1ccc(C(F)(F)F)nc1C)CC2O. The number of rotatable bonds is 3. The van der Waals surface area contributed by atoms with Crippen molar-refractivity contribution in [1.82, 2.24) is 9.88 Å². The van der Waals surface area contributed by atoms with Crippen LogP contribution in [0, 0.1) is 6.92 Å². The van der Waals surface area contributed by atoms with Gasteiger partial charge in [-0.2, -0.15) is 13.2 Å². The zero-order chi connectivity index (χ0) is 20.6. The van der Waals surface area contributed by atoms with E-state index in [0.717, 1.165) is 12.1 Å². The maximum Gasteiger partial charge on any atom is 0.433 e. The topological polar surface area (TPSA) is 71.9 Å². The Morgan fingerprint density at radius 2 is 1.82 bits per heavy atom. The molecule has 28 heavy (non-hydrogen) atoms. The summed E-state index contributed by atoms with van der Waals surface area (Å²) in [5, 5.41) is 10.6. The number of benzene rings is 1. The van der Waals surface area contributed by atoms with Crippen LogP contribution in [0.25, 0.3) is 0 Å². The number of hydrogen-bond donors (Lipinski definition) is 1. The summed E-state index contributed by atoms with van der Waals surface area (Å²) in [5.74, 6) is 0.436. The molecule has 0 spiro atoms. The van der Waals surface area contributed by atoms with Gasteiger partial charge in [-0.25, -0.2) is 4.98 Å². The Morgan fingerprint density at radius 3 is 2.39 bits per heavy atom. The second-order valence-electron chi connectivity index (χ2n) is 6.39. The Balaban J connectivity index is 1.96. The van der Waals surface area contributed by atoms with Gasteiger partial charge in [-0.05, 0) is 31.2 Å². The van der Waals surface area contributed by atoms with Crippen LogP contribution in [0.4, 0.5) is 13.2 Å². The van der Waals surface area contributed by atoms with Gasteiger partial charge in [0.05, 0.1) is 38.6 Å². The highest BCUT2D eigenvalue weighted by Gasteiger charge is 2.35. The highest BCUT2D eigenvalue weighted by Crippen LogP contribution is 2.39. The summed E-state index contributed by atoms with van der Waals surface area (Å²) < 4.78 is 49.1. The van der Waals surface area contributed by atoms with Crippen LogP contribution in [0.15, 0.2) is 24.3 Å². The third kappa shape index (κ3) is 3.49. The number of methoxy groups -OCH3 is 2. The smallest absolute Gasteiger partial charge is 0.433 e. The molecular weight excluding hydrogens is 377 g/mol. The molecule has 1 aliphatic heterocycles. The summed E-state index contributed by atoms with van der Waals surface area (Å²) in [6.07, 6.45) is -5.61. The van der Waals surface area contributed by atoms with E-state index in [4.69, 9.17) is 9.47 Å². The Labute approximate surface area is 159 Å². The van der Waals surface area contributed by atoms with Crippen molar-refractivity contribution in [2.45, 2.75) is 25.7 Å². The molecule has 1 aromatic heterocycles. The van der Waals surface area contributed by atoms with Gasteiger partial charge in [-0.3, -0.25) is 4.79 Å². The summed E-state index contributed by atoms with van der Waals surface area (Å²) in [5.41, 5.74) is 0.0832. The fourth-order valence-corrected chi connectivity index (χ4v) is 3.35. The quantitative estimate of drug-likeness (QED) is 0.863. The second-order valence-corrected chi connectivity index (χ2v) is 6.39. The molecule has 1 N–H and O–H groups in total. The van der Waals surface area contributed by atoms with Crippen LogP contribution in [0.5, 0.6) is 11.5 Å². The van der Waals surface area contributed by atoms with Gasteiger partial charge in [-0.15, -0.1) is 0 Å². The first-order valence-corrected chi connectivity index (χ1v) is 8.43. The molecule has 2 aromatic rings. The highest BCUT2D eigenvalue weighted by molar-refractivity contribution is 5.95. The van der Waals surface area contributed by atoms with Gasteiger partial charge in [-0.1, -0.05) is 0 Å². The van der Waals surface area contributed by atoms with Crippen molar-refractivity contribution < 1.29 is 32.5 Å². The third-order valence-electron chi connectivity index (χ3n) is 4.68. The van der Waals surface area contributed by atoms with E-state index in [1.807, 2.05) is 0 Å². The molecule has 0 aliphatic carbocycles. The number of nitrogens with zero attached hydrogens (tertiary/aromatic N) is 2. The van der Waals surface area contributed by atoms with Gasteiger partial charge in [0.1, 0.15) is 23.3 Å². The predicted octanol–water partition coefficient (Wildman–Crippen LogP) is 3.12. The van der Waals surface area contributed by atoms with Crippen molar-refractivity contribution in [1.29, 1.82) is 0 Å². The number of alkyl halides is 3. The Hall–Kier alpha value is -2.81. The third-order valence-corrected chi connectivity index (χ3v) is 4.68. The lowest BCUT2D eigenvalue weighted by Crippen LogP contribution is -2.39. The van der Waals surface area contributed by atoms with Gasteiger partial charge in [0, 0.05) is 11.1 Å². The zero-order valence-electron chi connectivity index (χ0n) is 15.5. The minimum Gasteiger partial charge on any atom is -0.496 e. The number of aliphatic hydroxyl groups is 1. The second kappa shape index (κ2) is 7.31. The summed E-state index contributed by atoms with van der Waals surface area (Å²) >= 11 is 0. The highest BCUT2D eigenvalue weighted by atomic mass is 19.4. The Morgan fingerprint density at radius 1 is 1.18 bits per heavy atom. The van der Waals surface area contributed by atoms with E-state index >= 15 is 0 Å². The molecule has 0 saturated heterocycles. The monoisotopic (exact) mass is 396 g/mol. The minimum atomic E-state index is -4.59. The fraction of sp³-hybridized carbons (Fsp3) is 0.368. The number of carbonyl (C=O) groups is 1. The predicted molar refractivity (Wildman–Crippen MR) is 93.2 cm³/mol. The minimum absolute atomic E-state index is 0.0299. The van der Waals surface area contributed by atoms with E-state index in [0.29, 0.717) is 22.6 Å². The molecule has 0 bridgehead atoms. The number of aromatic nitrogens is 1. The number of amides is 1. The van der Waals surface area contributed by atoms with Gasteiger partial charge in [0.25, 0.3) is 5.91 Å². The molecule has 1 unspecified atom stereocenters. The van der Waals surface area contributed by atoms with Gasteiger partial charge >= 0.3 is 6.18 Å². The largest absolute Gasteiger partial charge is 0.496 e. The average molecular weight is 396 g/mol. The van der Waals surface area contributed by atoms with Crippen LogP contribution >= 0.6 is 0 Å². The Kier molecular flexibility index (Phi) is 5.20. The molecule has 0 radical (unpaired) electrons. The molecule has 0 fully saturated rings. The molecule has 150 valence electrons. The number of pyridine rings is 1. The van der Waals surface area contributed by atoms with Crippen LogP contribution in [0.1, 0.15) is 39.0 Å². The first-order valence-electron chi connectivity index (χ1n) is 8.43. The van der Waals surface area contributed by atoms with Crippen molar-refractivity contribution in [3.63, 3.8) is 0 Å². The number of hydrogen-bond acceptors (Lipinski definition) is 5. The van der Waals surface area contributed by atoms with Crippen molar-refractivity contribution in [2.75, 3.05) is 20.8 Å². The molecule has 1 aromatic carbocycles. The van der Waals surface area contributed by atoms with Gasteiger partial charge in [0.15, 0.2) is 0 Å². The molecule has 0 saturated carbocycles. The summed E-state index contributed by atoms with van der Waals surface area (Å²) in [6.45, 7) is 1.43. The molecule has 3 rings (SSSR count). The normalized spacial score (nSPS) is 16.5. The summed E-state index contributed by atoms with van der Waals surface area (Å²) in [7, 11) is 2.95. The summed E-state index contributed by atoms with van der Waals surface area (Å²) in [4.78, 5) is 17.8. The van der Waals surface area contributed by atoms with E-state index in [9.17, 15) is 23.1 Å². The van der Waals surface area contributed by atoms with Crippen LogP contribution in [-0.4, -0.2) is 41.7 Å². The molecule has 1 atom stereocenters. The number of aliphatic hydroxyl groups excluding tert-OH is 1. The van der Waals surface area contributed by atoms with E-state index in [1.54, 1.807) is 12.1 Å². The lowest BCUT2D eigenvalue weighted by Gasteiger charge is -2.34. The summed E-state index contributed by atoms with van der Waals surface area (Å²) in [6, 6.07) is 5.22. The van der Waals surface area contributed by atoms with Crippen LogP contribution in [0.2, 0.25) is 0 Å². The molecule has 1 aliphatic rings.